The number of thiophene rings is 1. The highest BCUT2D eigenvalue weighted by atomic mass is 32.1. The van der Waals surface area contributed by atoms with Gasteiger partial charge in [0.15, 0.2) is 0 Å². The lowest BCUT2D eigenvalue weighted by Crippen LogP contribution is -2.33. The van der Waals surface area contributed by atoms with Gasteiger partial charge in [0.05, 0.1) is 6.04 Å². The minimum Gasteiger partial charge on any atom is -0.271 e. The molecule has 1 aromatic carbocycles. The third kappa shape index (κ3) is 2.49. The van der Waals surface area contributed by atoms with Gasteiger partial charge in [0.2, 0.25) is 0 Å². The Morgan fingerprint density at radius 3 is 2.70 bits per heavy atom. The second-order valence-electron chi connectivity index (χ2n) is 5.14. The smallest absolute Gasteiger partial charge is 0.126 e. The number of hydrogen-bond donors (Lipinski definition) is 2. The van der Waals surface area contributed by atoms with Crippen molar-refractivity contribution in [2.24, 2.45) is 5.84 Å². The van der Waals surface area contributed by atoms with Crippen molar-refractivity contribution in [2.75, 3.05) is 0 Å². The molecule has 0 bridgehead atoms. The molecular formula is C15H16F2N2S. The van der Waals surface area contributed by atoms with Crippen molar-refractivity contribution in [3.63, 3.8) is 0 Å². The summed E-state index contributed by atoms with van der Waals surface area (Å²) in [5, 5.41) is 2.07. The van der Waals surface area contributed by atoms with E-state index in [1.165, 1.54) is 22.6 Å². The molecule has 0 saturated heterocycles. The average Bonchev–Trinajstić information content (AvgIpc) is 2.87. The Bertz CT molecular complexity index is 591. The SMILES string of the molecule is NNC(c1cc(F)cc(F)c1)C1CCCc2sccc21. The molecule has 5 heteroatoms. The van der Waals surface area contributed by atoms with Crippen LogP contribution in [0.5, 0.6) is 0 Å². The Morgan fingerprint density at radius 2 is 2.00 bits per heavy atom. The van der Waals surface area contributed by atoms with Gasteiger partial charge in [-0.2, -0.15) is 0 Å². The quantitative estimate of drug-likeness (QED) is 0.670. The summed E-state index contributed by atoms with van der Waals surface area (Å²) in [6, 6.07) is 5.43. The number of benzene rings is 1. The molecule has 2 unspecified atom stereocenters. The predicted octanol–water partition coefficient (Wildman–Crippen LogP) is 3.65. The standard InChI is InChI=1S/C15H16F2N2S/c16-10-6-9(7-11(17)8-10)15(19-18)13-2-1-3-14-12(13)4-5-20-14/h4-8,13,15,19H,1-3,18H2. The maximum atomic E-state index is 13.4. The van der Waals surface area contributed by atoms with Crippen molar-refractivity contribution in [3.05, 3.63) is 57.3 Å². The van der Waals surface area contributed by atoms with E-state index < -0.39 is 11.6 Å². The Hall–Kier alpha value is -1.30. The summed E-state index contributed by atoms with van der Waals surface area (Å²) in [7, 11) is 0. The third-order valence-electron chi connectivity index (χ3n) is 3.92. The highest BCUT2D eigenvalue weighted by molar-refractivity contribution is 7.10. The molecule has 0 fully saturated rings. The number of halogens is 2. The first-order valence-corrected chi connectivity index (χ1v) is 7.55. The Kier molecular flexibility index (Phi) is 3.83. The summed E-state index contributed by atoms with van der Waals surface area (Å²) < 4.78 is 26.8. The van der Waals surface area contributed by atoms with E-state index in [0.29, 0.717) is 5.56 Å². The van der Waals surface area contributed by atoms with Gasteiger partial charge in [-0.3, -0.25) is 11.3 Å². The second kappa shape index (κ2) is 5.60. The molecule has 0 aliphatic heterocycles. The normalized spacial score (nSPS) is 19.6. The molecule has 0 spiro atoms. The lowest BCUT2D eigenvalue weighted by molar-refractivity contribution is 0.407. The fraction of sp³-hybridized carbons (Fsp3) is 0.333. The number of nitrogens with one attached hydrogen (secondary N) is 1. The summed E-state index contributed by atoms with van der Waals surface area (Å²) in [4.78, 5) is 1.36. The summed E-state index contributed by atoms with van der Waals surface area (Å²) in [5.41, 5.74) is 4.57. The number of nitrogens with two attached hydrogens (primary N) is 1. The Balaban J connectivity index is 1.99. The first-order valence-electron chi connectivity index (χ1n) is 6.67. The minimum absolute atomic E-state index is 0.163. The van der Waals surface area contributed by atoms with Crippen LogP contribution in [-0.2, 0) is 6.42 Å². The van der Waals surface area contributed by atoms with Gasteiger partial charge in [0.1, 0.15) is 11.6 Å². The van der Waals surface area contributed by atoms with Gasteiger partial charge in [0, 0.05) is 16.9 Å². The molecular weight excluding hydrogens is 278 g/mol. The molecule has 1 aliphatic rings. The Morgan fingerprint density at radius 1 is 1.25 bits per heavy atom. The van der Waals surface area contributed by atoms with Crippen molar-refractivity contribution in [1.29, 1.82) is 0 Å². The van der Waals surface area contributed by atoms with Crippen LogP contribution in [0.1, 0.15) is 40.8 Å². The average molecular weight is 294 g/mol. The number of aryl methyl sites for hydroxylation is 1. The summed E-state index contributed by atoms with van der Waals surface area (Å²) in [6.07, 6.45) is 3.13. The lowest BCUT2D eigenvalue weighted by atomic mass is 9.80. The highest BCUT2D eigenvalue weighted by Crippen LogP contribution is 2.42. The van der Waals surface area contributed by atoms with Crippen molar-refractivity contribution in [2.45, 2.75) is 31.2 Å². The first kappa shape index (κ1) is 13.7. The summed E-state index contributed by atoms with van der Waals surface area (Å²) in [6.45, 7) is 0. The van der Waals surface area contributed by atoms with Crippen LogP contribution in [0.3, 0.4) is 0 Å². The summed E-state index contributed by atoms with van der Waals surface area (Å²) >= 11 is 1.74. The van der Waals surface area contributed by atoms with Crippen LogP contribution < -0.4 is 11.3 Å². The van der Waals surface area contributed by atoms with Gasteiger partial charge >= 0.3 is 0 Å². The molecule has 1 aromatic heterocycles. The van der Waals surface area contributed by atoms with Crippen LogP contribution in [-0.4, -0.2) is 0 Å². The zero-order chi connectivity index (χ0) is 14.1. The van der Waals surface area contributed by atoms with Crippen LogP contribution in [0.15, 0.2) is 29.6 Å². The molecule has 1 heterocycles. The van der Waals surface area contributed by atoms with E-state index >= 15 is 0 Å². The van der Waals surface area contributed by atoms with Crippen molar-refractivity contribution in [1.82, 2.24) is 5.43 Å². The monoisotopic (exact) mass is 294 g/mol. The fourth-order valence-corrected chi connectivity index (χ4v) is 4.06. The number of hydrazine groups is 1. The van der Waals surface area contributed by atoms with E-state index in [2.05, 4.69) is 16.9 Å². The van der Waals surface area contributed by atoms with E-state index in [4.69, 9.17) is 5.84 Å². The van der Waals surface area contributed by atoms with Crippen LogP contribution in [0.2, 0.25) is 0 Å². The zero-order valence-electron chi connectivity index (χ0n) is 10.9. The van der Waals surface area contributed by atoms with Gasteiger partial charge in [-0.25, -0.2) is 8.78 Å². The van der Waals surface area contributed by atoms with E-state index in [1.807, 2.05) is 0 Å². The number of hydrogen-bond acceptors (Lipinski definition) is 3. The topological polar surface area (TPSA) is 38.0 Å². The maximum absolute atomic E-state index is 13.4. The molecule has 2 nitrogen and oxygen atoms in total. The second-order valence-corrected chi connectivity index (χ2v) is 6.15. The molecule has 20 heavy (non-hydrogen) atoms. The molecule has 1 aliphatic carbocycles. The molecule has 2 aromatic rings. The van der Waals surface area contributed by atoms with E-state index in [0.717, 1.165) is 25.3 Å². The molecule has 0 amide bonds. The Labute approximate surface area is 120 Å². The fourth-order valence-electron chi connectivity index (χ4n) is 3.07. The van der Waals surface area contributed by atoms with E-state index in [1.54, 1.807) is 11.3 Å². The molecule has 3 N–H and O–H groups in total. The van der Waals surface area contributed by atoms with E-state index in [9.17, 15) is 8.78 Å². The maximum Gasteiger partial charge on any atom is 0.126 e. The zero-order valence-corrected chi connectivity index (χ0v) is 11.7. The predicted molar refractivity (Wildman–Crippen MR) is 76.4 cm³/mol. The van der Waals surface area contributed by atoms with Crippen LogP contribution in [0, 0.1) is 11.6 Å². The third-order valence-corrected chi connectivity index (χ3v) is 4.92. The number of rotatable bonds is 3. The summed E-state index contributed by atoms with van der Waals surface area (Å²) in [5.74, 6) is 4.70. The van der Waals surface area contributed by atoms with Crippen molar-refractivity contribution < 1.29 is 8.78 Å². The van der Waals surface area contributed by atoms with E-state index in [-0.39, 0.29) is 12.0 Å². The van der Waals surface area contributed by atoms with Crippen molar-refractivity contribution in [3.8, 4) is 0 Å². The molecule has 2 atom stereocenters. The van der Waals surface area contributed by atoms with Gasteiger partial charge in [0.25, 0.3) is 0 Å². The molecule has 3 rings (SSSR count). The van der Waals surface area contributed by atoms with Crippen molar-refractivity contribution >= 4 is 11.3 Å². The lowest BCUT2D eigenvalue weighted by Gasteiger charge is -2.30. The van der Waals surface area contributed by atoms with Gasteiger partial charge in [-0.15, -0.1) is 11.3 Å². The van der Waals surface area contributed by atoms with Gasteiger partial charge in [-0.1, -0.05) is 0 Å². The number of fused-ring (bicyclic) bond motifs is 1. The first-order chi connectivity index (χ1) is 9.69. The highest BCUT2D eigenvalue weighted by Gasteiger charge is 2.29. The molecule has 106 valence electrons. The van der Waals surface area contributed by atoms with Crippen LogP contribution in [0.25, 0.3) is 0 Å². The largest absolute Gasteiger partial charge is 0.271 e. The van der Waals surface area contributed by atoms with Gasteiger partial charge in [-0.05, 0) is 54.0 Å². The minimum atomic E-state index is -0.568. The molecule has 0 saturated carbocycles. The molecule has 0 radical (unpaired) electrons. The van der Waals surface area contributed by atoms with Crippen LogP contribution >= 0.6 is 11.3 Å². The van der Waals surface area contributed by atoms with Gasteiger partial charge < -0.3 is 0 Å². The van der Waals surface area contributed by atoms with Crippen LogP contribution in [0.4, 0.5) is 8.78 Å².